The number of carbonyl (C=O) groups is 1. The zero-order chi connectivity index (χ0) is 11.2. The van der Waals surface area contributed by atoms with Gasteiger partial charge in [-0.15, -0.1) is 0 Å². The summed E-state index contributed by atoms with van der Waals surface area (Å²) in [5, 5.41) is 9.06. The first-order valence-electron chi connectivity index (χ1n) is 3.75. The van der Waals surface area contributed by atoms with Crippen molar-refractivity contribution in [3.8, 4) is 0 Å². The minimum atomic E-state index is -1.18. The molecular formula is C7H5BrN4O3. The minimum Gasteiger partial charge on any atom is -0.478 e. The second kappa shape index (κ2) is 3.09. The number of carboxylic acid groups (broad SMARTS) is 1. The molecule has 15 heavy (non-hydrogen) atoms. The molecule has 0 saturated heterocycles. The standard InChI is InChI=1S/C7H5BrN4O3/c8-3-1(6(13)14)2-4(9)11-7(10)12-5(2)15-3/h(H,13,14)(H4,9,10,11,12). The molecule has 7 nitrogen and oxygen atoms in total. The quantitative estimate of drug-likeness (QED) is 0.702. The number of hydrogen-bond donors (Lipinski definition) is 3. The second-order valence-corrected chi connectivity index (χ2v) is 3.42. The van der Waals surface area contributed by atoms with Gasteiger partial charge in [0.05, 0.1) is 5.39 Å². The van der Waals surface area contributed by atoms with Crippen molar-refractivity contribution in [2.24, 2.45) is 0 Å². The minimum absolute atomic E-state index is 0.0237. The van der Waals surface area contributed by atoms with Gasteiger partial charge in [0.2, 0.25) is 11.7 Å². The van der Waals surface area contributed by atoms with Gasteiger partial charge in [0, 0.05) is 0 Å². The molecular weight excluding hydrogens is 268 g/mol. The number of fused-ring (bicyclic) bond motifs is 1. The number of nitrogens with two attached hydrogens (primary N) is 2. The number of aromatic carboxylic acids is 1. The first-order chi connectivity index (χ1) is 7.00. The van der Waals surface area contributed by atoms with Crippen molar-refractivity contribution in [3.63, 3.8) is 0 Å². The van der Waals surface area contributed by atoms with Crippen LogP contribution in [-0.4, -0.2) is 21.0 Å². The molecule has 0 fully saturated rings. The normalized spacial score (nSPS) is 10.7. The molecule has 0 bridgehead atoms. The Hall–Kier alpha value is -1.83. The summed E-state index contributed by atoms with van der Waals surface area (Å²) in [5.74, 6) is -1.27. The lowest BCUT2D eigenvalue weighted by molar-refractivity contribution is 0.0696. The molecule has 0 unspecified atom stereocenters. The number of carboxylic acids is 1. The van der Waals surface area contributed by atoms with Crippen LogP contribution in [0.5, 0.6) is 0 Å². The monoisotopic (exact) mass is 272 g/mol. The number of nitrogens with zero attached hydrogens (tertiary/aromatic N) is 2. The summed E-state index contributed by atoms with van der Waals surface area (Å²) in [7, 11) is 0. The van der Waals surface area contributed by atoms with Gasteiger partial charge in [0.1, 0.15) is 11.4 Å². The average molecular weight is 273 g/mol. The Morgan fingerprint density at radius 3 is 2.67 bits per heavy atom. The molecule has 8 heteroatoms. The van der Waals surface area contributed by atoms with Crippen LogP contribution in [-0.2, 0) is 0 Å². The fourth-order valence-electron chi connectivity index (χ4n) is 1.21. The third-order valence-corrected chi connectivity index (χ3v) is 2.33. The number of hydrogen-bond acceptors (Lipinski definition) is 6. The van der Waals surface area contributed by atoms with Crippen LogP contribution in [0, 0.1) is 0 Å². The molecule has 0 radical (unpaired) electrons. The molecule has 0 saturated carbocycles. The summed E-state index contributed by atoms with van der Waals surface area (Å²) in [6.07, 6.45) is 0. The van der Waals surface area contributed by atoms with Crippen molar-refractivity contribution in [2.75, 3.05) is 11.5 Å². The van der Waals surface area contributed by atoms with Crippen molar-refractivity contribution in [3.05, 3.63) is 10.2 Å². The van der Waals surface area contributed by atoms with Crippen LogP contribution in [0.4, 0.5) is 11.8 Å². The average Bonchev–Trinajstić information content (AvgIpc) is 2.40. The first-order valence-corrected chi connectivity index (χ1v) is 4.54. The molecule has 5 N–H and O–H groups in total. The summed E-state index contributed by atoms with van der Waals surface area (Å²) >= 11 is 2.96. The summed E-state index contributed by atoms with van der Waals surface area (Å²) in [6, 6.07) is 0. The van der Waals surface area contributed by atoms with Crippen LogP contribution in [0.2, 0.25) is 0 Å². The number of furan rings is 1. The van der Waals surface area contributed by atoms with Crippen LogP contribution in [0.3, 0.4) is 0 Å². The Balaban J connectivity index is 2.93. The molecule has 2 heterocycles. The van der Waals surface area contributed by atoms with E-state index in [0.717, 1.165) is 0 Å². The van der Waals surface area contributed by atoms with Crippen molar-refractivity contribution < 1.29 is 14.3 Å². The number of nitrogen functional groups attached to an aromatic ring is 2. The van der Waals surface area contributed by atoms with Crippen LogP contribution < -0.4 is 11.5 Å². The molecule has 0 aliphatic carbocycles. The second-order valence-electron chi connectivity index (χ2n) is 2.70. The van der Waals surface area contributed by atoms with Crippen LogP contribution >= 0.6 is 15.9 Å². The zero-order valence-corrected chi connectivity index (χ0v) is 8.78. The van der Waals surface area contributed by atoms with E-state index < -0.39 is 5.97 Å². The van der Waals surface area contributed by atoms with E-state index in [4.69, 9.17) is 21.0 Å². The number of anilines is 2. The van der Waals surface area contributed by atoms with Gasteiger partial charge in [-0.3, -0.25) is 0 Å². The van der Waals surface area contributed by atoms with Crippen LogP contribution in [0.15, 0.2) is 9.09 Å². The van der Waals surface area contributed by atoms with Gasteiger partial charge < -0.3 is 21.0 Å². The highest BCUT2D eigenvalue weighted by Crippen LogP contribution is 2.32. The predicted octanol–water partition coefficient (Wildman–Crippen LogP) is 0.848. The predicted molar refractivity (Wildman–Crippen MR) is 55.3 cm³/mol. The van der Waals surface area contributed by atoms with Crippen molar-refractivity contribution in [1.82, 2.24) is 9.97 Å². The smallest absolute Gasteiger partial charge is 0.341 e. The van der Waals surface area contributed by atoms with E-state index in [1.807, 2.05) is 0 Å². The van der Waals surface area contributed by atoms with E-state index in [9.17, 15) is 4.79 Å². The maximum atomic E-state index is 10.9. The Morgan fingerprint density at radius 2 is 2.07 bits per heavy atom. The SMILES string of the molecule is Nc1nc(N)c2c(C(=O)O)c(Br)oc2n1. The number of halogens is 1. The molecule has 78 valence electrons. The molecule has 2 aromatic rings. The van der Waals surface area contributed by atoms with Gasteiger partial charge in [0.25, 0.3) is 0 Å². The van der Waals surface area contributed by atoms with Crippen LogP contribution in [0.25, 0.3) is 11.1 Å². The Morgan fingerprint density at radius 1 is 1.40 bits per heavy atom. The topological polar surface area (TPSA) is 128 Å². The van der Waals surface area contributed by atoms with Gasteiger partial charge in [-0.2, -0.15) is 9.97 Å². The number of rotatable bonds is 1. The lowest BCUT2D eigenvalue weighted by Gasteiger charge is -1.96. The van der Waals surface area contributed by atoms with E-state index >= 15 is 0 Å². The summed E-state index contributed by atoms with van der Waals surface area (Å²) < 4.78 is 5.09. The van der Waals surface area contributed by atoms with E-state index in [-0.39, 0.29) is 33.1 Å². The third kappa shape index (κ3) is 1.38. The van der Waals surface area contributed by atoms with Gasteiger partial charge in [0.15, 0.2) is 4.67 Å². The highest BCUT2D eigenvalue weighted by Gasteiger charge is 2.22. The Bertz CT molecular complexity index is 565. The van der Waals surface area contributed by atoms with E-state index in [2.05, 4.69) is 25.9 Å². The van der Waals surface area contributed by atoms with E-state index in [0.29, 0.717) is 0 Å². The molecule has 0 aliphatic rings. The van der Waals surface area contributed by atoms with Gasteiger partial charge >= 0.3 is 5.97 Å². The van der Waals surface area contributed by atoms with Crippen molar-refractivity contribution in [2.45, 2.75) is 0 Å². The summed E-state index contributed by atoms with van der Waals surface area (Å²) in [5.41, 5.74) is 10.8. The molecule has 2 rings (SSSR count). The van der Waals surface area contributed by atoms with Crippen molar-refractivity contribution >= 4 is 44.8 Å². The third-order valence-electron chi connectivity index (χ3n) is 1.77. The van der Waals surface area contributed by atoms with Gasteiger partial charge in [-0.1, -0.05) is 0 Å². The number of aromatic nitrogens is 2. The zero-order valence-electron chi connectivity index (χ0n) is 7.19. The molecule has 0 amide bonds. The summed E-state index contributed by atoms with van der Waals surface area (Å²) in [4.78, 5) is 18.3. The van der Waals surface area contributed by atoms with Crippen LogP contribution in [0.1, 0.15) is 10.4 Å². The Kier molecular flexibility index (Phi) is 2.00. The Labute approximate surface area is 91.2 Å². The highest BCUT2D eigenvalue weighted by atomic mass is 79.9. The van der Waals surface area contributed by atoms with Gasteiger partial charge in [-0.25, -0.2) is 4.79 Å². The largest absolute Gasteiger partial charge is 0.478 e. The maximum Gasteiger partial charge on any atom is 0.341 e. The molecule has 0 aliphatic heterocycles. The molecule has 0 atom stereocenters. The summed E-state index contributed by atoms with van der Waals surface area (Å²) in [6.45, 7) is 0. The lowest BCUT2D eigenvalue weighted by atomic mass is 10.2. The first kappa shape index (κ1) is 9.71. The molecule has 2 aromatic heterocycles. The molecule has 0 spiro atoms. The van der Waals surface area contributed by atoms with Crippen molar-refractivity contribution in [1.29, 1.82) is 0 Å². The molecule has 0 aromatic carbocycles. The lowest BCUT2D eigenvalue weighted by Crippen LogP contribution is -2.02. The van der Waals surface area contributed by atoms with Gasteiger partial charge in [-0.05, 0) is 15.9 Å². The fourth-order valence-corrected chi connectivity index (χ4v) is 1.73. The van der Waals surface area contributed by atoms with E-state index in [1.165, 1.54) is 0 Å². The van der Waals surface area contributed by atoms with E-state index in [1.54, 1.807) is 0 Å². The highest BCUT2D eigenvalue weighted by molar-refractivity contribution is 9.10. The maximum absolute atomic E-state index is 10.9. The fraction of sp³-hybridized carbons (Fsp3) is 0.